The fourth-order valence-electron chi connectivity index (χ4n) is 2.47. The molecule has 106 valence electrons. The molecule has 1 aromatic carbocycles. The van der Waals surface area contributed by atoms with E-state index in [9.17, 15) is 0 Å². The summed E-state index contributed by atoms with van der Waals surface area (Å²) >= 11 is 1.49. The van der Waals surface area contributed by atoms with Crippen LogP contribution in [0, 0.1) is 11.5 Å². The molecule has 4 nitrogen and oxygen atoms in total. The number of likely N-dealkylation sites (tertiary alicyclic amines) is 1. The molecule has 1 unspecified atom stereocenters. The summed E-state index contributed by atoms with van der Waals surface area (Å²) in [6.45, 7) is 3.07. The molecule has 1 N–H and O–H groups in total. The monoisotopic (exact) mass is 288 g/mol. The lowest BCUT2D eigenvalue weighted by atomic mass is 10.1. The topological polar surface area (TPSA) is 51.4 Å². The summed E-state index contributed by atoms with van der Waals surface area (Å²) in [6.07, 6.45) is 6.14. The predicted molar refractivity (Wildman–Crippen MR) is 84.4 cm³/mol. The van der Waals surface area contributed by atoms with Crippen molar-refractivity contribution in [2.45, 2.75) is 25.4 Å². The zero-order valence-corrected chi connectivity index (χ0v) is 12.6. The maximum atomic E-state index is 8.68. The maximum Gasteiger partial charge on any atom is 0.183 e. The van der Waals surface area contributed by atoms with E-state index in [0.29, 0.717) is 0 Å². The largest absolute Gasteiger partial charge is 0.297 e. The third-order valence-electron chi connectivity index (χ3n) is 3.39. The molecule has 0 saturated carbocycles. The highest BCUT2D eigenvalue weighted by molar-refractivity contribution is 8.13. The highest BCUT2D eigenvalue weighted by atomic mass is 32.2. The molecule has 0 aliphatic carbocycles. The number of amidine groups is 1. The van der Waals surface area contributed by atoms with Crippen molar-refractivity contribution in [1.29, 1.82) is 5.26 Å². The van der Waals surface area contributed by atoms with Crippen molar-refractivity contribution in [3.63, 3.8) is 0 Å². The number of hydrogen-bond acceptors (Lipinski definition) is 4. The molecule has 1 aliphatic rings. The van der Waals surface area contributed by atoms with Crippen molar-refractivity contribution >= 4 is 16.9 Å². The van der Waals surface area contributed by atoms with E-state index >= 15 is 0 Å². The quantitative estimate of drug-likeness (QED) is 0.402. The molecule has 0 aromatic heterocycles. The standard InChI is InChI=1S/C15H20N4S/c1-20-15(17-12-16)18-14-8-5-9-19(11-14)10-13-6-3-2-4-7-13/h2-4,6-7,14H,5,8-11H2,1H3,(H,17,18). The van der Waals surface area contributed by atoms with Crippen LogP contribution in [0.3, 0.4) is 0 Å². The second-order valence-corrected chi connectivity index (χ2v) is 5.69. The Hall–Kier alpha value is -1.51. The molecule has 0 radical (unpaired) electrons. The Labute approximate surface area is 124 Å². The van der Waals surface area contributed by atoms with Gasteiger partial charge in [0.05, 0.1) is 6.04 Å². The summed E-state index contributed by atoms with van der Waals surface area (Å²) in [7, 11) is 0. The average molecular weight is 288 g/mol. The van der Waals surface area contributed by atoms with Crippen LogP contribution in [-0.4, -0.2) is 35.5 Å². The van der Waals surface area contributed by atoms with Gasteiger partial charge in [0.1, 0.15) is 0 Å². The molecule has 5 heteroatoms. The second kappa shape index (κ2) is 7.93. The number of piperidine rings is 1. The highest BCUT2D eigenvalue weighted by Gasteiger charge is 2.19. The van der Waals surface area contributed by atoms with Gasteiger partial charge in [-0.25, -0.2) is 0 Å². The lowest BCUT2D eigenvalue weighted by molar-refractivity contribution is 0.202. The summed E-state index contributed by atoms with van der Waals surface area (Å²) in [5, 5.41) is 12.0. The highest BCUT2D eigenvalue weighted by Crippen LogP contribution is 2.17. The van der Waals surface area contributed by atoms with Crippen LogP contribution in [0.15, 0.2) is 35.3 Å². The molecule has 1 aromatic rings. The van der Waals surface area contributed by atoms with E-state index in [4.69, 9.17) is 5.26 Å². The van der Waals surface area contributed by atoms with Gasteiger partial charge < -0.3 is 0 Å². The molecule has 20 heavy (non-hydrogen) atoms. The molecule has 2 rings (SSSR count). The number of hydrogen-bond donors (Lipinski definition) is 1. The fraction of sp³-hybridized carbons (Fsp3) is 0.467. The van der Waals surface area contributed by atoms with Crippen LogP contribution in [0.1, 0.15) is 18.4 Å². The lowest BCUT2D eigenvalue weighted by Gasteiger charge is -2.31. The molecule has 1 aliphatic heterocycles. The molecule has 0 bridgehead atoms. The van der Waals surface area contributed by atoms with Gasteiger partial charge in [0.2, 0.25) is 0 Å². The summed E-state index contributed by atoms with van der Waals surface area (Å²) < 4.78 is 0. The Morgan fingerprint density at radius 3 is 3.00 bits per heavy atom. The first-order valence-electron chi connectivity index (χ1n) is 6.85. The van der Waals surface area contributed by atoms with Gasteiger partial charge in [-0.3, -0.25) is 15.2 Å². The number of nitrogens with one attached hydrogen (secondary N) is 1. The Morgan fingerprint density at radius 1 is 1.50 bits per heavy atom. The Morgan fingerprint density at radius 2 is 2.30 bits per heavy atom. The van der Waals surface area contributed by atoms with Crippen molar-refractivity contribution in [2.24, 2.45) is 4.99 Å². The van der Waals surface area contributed by atoms with Crippen LogP contribution < -0.4 is 5.32 Å². The van der Waals surface area contributed by atoms with Gasteiger partial charge in [-0.1, -0.05) is 42.1 Å². The van der Waals surface area contributed by atoms with E-state index in [-0.39, 0.29) is 6.04 Å². The third-order valence-corrected chi connectivity index (χ3v) is 3.98. The maximum absolute atomic E-state index is 8.68. The van der Waals surface area contributed by atoms with Crippen LogP contribution in [0.5, 0.6) is 0 Å². The summed E-state index contributed by atoms with van der Waals surface area (Å²) in [5.74, 6) is 0. The number of rotatable bonds is 3. The van der Waals surface area contributed by atoms with Gasteiger partial charge in [0.15, 0.2) is 11.4 Å². The van der Waals surface area contributed by atoms with Gasteiger partial charge in [-0.2, -0.15) is 5.26 Å². The molecule has 0 amide bonds. The van der Waals surface area contributed by atoms with Crippen molar-refractivity contribution in [3.05, 3.63) is 35.9 Å². The molecule has 1 heterocycles. The van der Waals surface area contributed by atoms with Gasteiger partial charge >= 0.3 is 0 Å². The van der Waals surface area contributed by atoms with Crippen LogP contribution in [-0.2, 0) is 6.54 Å². The van der Waals surface area contributed by atoms with Crippen molar-refractivity contribution in [2.75, 3.05) is 19.3 Å². The first-order valence-corrected chi connectivity index (χ1v) is 8.07. The minimum absolute atomic E-state index is 0.288. The lowest BCUT2D eigenvalue weighted by Crippen LogP contribution is -2.37. The Kier molecular flexibility index (Phi) is 5.90. The first kappa shape index (κ1) is 14.9. The summed E-state index contributed by atoms with van der Waals surface area (Å²) in [5.41, 5.74) is 1.34. The van der Waals surface area contributed by atoms with Crippen molar-refractivity contribution in [1.82, 2.24) is 10.2 Å². The number of aliphatic imine (C=N–C) groups is 1. The zero-order valence-electron chi connectivity index (χ0n) is 11.7. The molecular weight excluding hydrogens is 268 g/mol. The normalized spacial score (nSPS) is 20.4. The first-order chi connectivity index (χ1) is 9.81. The Bertz CT molecular complexity index is 480. The van der Waals surface area contributed by atoms with E-state index in [2.05, 4.69) is 39.5 Å². The van der Waals surface area contributed by atoms with Gasteiger partial charge in [-0.05, 0) is 31.2 Å². The fourth-order valence-corrected chi connectivity index (χ4v) is 2.87. The number of thioether (sulfide) groups is 1. The zero-order chi connectivity index (χ0) is 14.2. The van der Waals surface area contributed by atoms with Crippen molar-refractivity contribution in [3.8, 4) is 6.19 Å². The second-order valence-electron chi connectivity index (χ2n) is 4.89. The Balaban J connectivity index is 1.93. The molecule has 1 saturated heterocycles. The van der Waals surface area contributed by atoms with Crippen LogP contribution in [0.25, 0.3) is 0 Å². The molecular formula is C15H20N4S. The van der Waals surface area contributed by atoms with Gasteiger partial charge in [-0.15, -0.1) is 0 Å². The van der Waals surface area contributed by atoms with E-state index < -0.39 is 0 Å². The van der Waals surface area contributed by atoms with Crippen LogP contribution in [0.2, 0.25) is 0 Å². The number of nitrogens with zero attached hydrogens (tertiary/aromatic N) is 3. The smallest absolute Gasteiger partial charge is 0.183 e. The minimum Gasteiger partial charge on any atom is -0.297 e. The SMILES string of the molecule is CSC(=NC1CCCN(Cc2ccccc2)C1)NC#N. The van der Waals surface area contributed by atoms with E-state index in [1.165, 1.54) is 17.3 Å². The van der Waals surface area contributed by atoms with Gasteiger partial charge in [0.25, 0.3) is 0 Å². The number of benzene rings is 1. The van der Waals surface area contributed by atoms with E-state index in [1.807, 2.05) is 18.5 Å². The summed E-state index contributed by atoms with van der Waals surface area (Å²) in [6, 6.07) is 10.8. The summed E-state index contributed by atoms with van der Waals surface area (Å²) in [4.78, 5) is 7.08. The van der Waals surface area contributed by atoms with Gasteiger partial charge in [0, 0.05) is 13.1 Å². The van der Waals surface area contributed by atoms with Crippen LogP contribution >= 0.6 is 11.8 Å². The minimum atomic E-state index is 0.288. The van der Waals surface area contributed by atoms with Crippen molar-refractivity contribution < 1.29 is 0 Å². The van der Waals surface area contributed by atoms with Crippen LogP contribution in [0.4, 0.5) is 0 Å². The predicted octanol–water partition coefficient (Wildman–Crippen LogP) is 2.44. The van der Waals surface area contributed by atoms with E-state index in [1.54, 1.807) is 0 Å². The molecule has 1 fully saturated rings. The third kappa shape index (κ3) is 4.55. The average Bonchev–Trinajstić information content (AvgIpc) is 2.48. The number of nitriles is 1. The van der Waals surface area contributed by atoms with E-state index in [0.717, 1.165) is 37.6 Å². The molecule has 0 spiro atoms. The molecule has 1 atom stereocenters.